The number of halogens is 1. The van der Waals surface area contributed by atoms with E-state index in [2.05, 4.69) is 10.0 Å². The minimum Gasteiger partial charge on any atom is -0.384 e. The number of sulfonamides is 1. The molecule has 1 aliphatic heterocycles. The first-order chi connectivity index (χ1) is 19.2. The molecule has 0 bridgehead atoms. The molecule has 2 aliphatic rings. The number of carbonyl (C=O) groups excluding carboxylic acids is 2. The molecule has 5 N–H and O–H groups in total. The summed E-state index contributed by atoms with van der Waals surface area (Å²) in [5.41, 5.74) is 7.44. The van der Waals surface area contributed by atoms with Gasteiger partial charge in [-0.3, -0.25) is 15.0 Å². The van der Waals surface area contributed by atoms with Crippen molar-refractivity contribution in [2.75, 3.05) is 6.54 Å². The number of piperidine rings is 1. The first kappa shape index (κ1) is 30.2. The van der Waals surface area contributed by atoms with Crippen molar-refractivity contribution in [3.05, 3.63) is 107 Å². The summed E-state index contributed by atoms with van der Waals surface area (Å²) in [6.07, 6.45) is 1.43. The van der Waals surface area contributed by atoms with Crippen molar-refractivity contribution in [1.29, 1.82) is 5.41 Å². The highest BCUT2D eigenvalue weighted by molar-refractivity contribution is 7.88. The van der Waals surface area contributed by atoms with Gasteiger partial charge in [0.2, 0.25) is 21.8 Å². The number of fused-ring (bicyclic) bond motifs is 1. The molecule has 1 aliphatic carbocycles. The highest BCUT2D eigenvalue weighted by Gasteiger charge is 2.68. The predicted octanol–water partition coefficient (Wildman–Crippen LogP) is 2.73. The molecule has 2 fully saturated rings. The molecule has 0 aromatic heterocycles. The zero-order valence-electron chi connectivity index (χ0n) is 22.5. The third-order valence-corrected chi connectivity index (χ3v) is 9.09. The van der Waals surface area contributed by atoms with E-state index in [0.29, 0.717) is 30.5 Å². The van der Waals surface area contributed by atoms with Crippen LogP contribution >= 0.6 is 12.4 Å². The lowest BCUT2D eigenvalue weighted by Gasteiger charge is -2.31. The number of amidine groups is 1. The molecular weight excluding hydrogens is 562 g/mol. The molecule has 5 rings (SSSR count). The SMILES string of the molecule is Cl.N=C(N)c1ccc(CNC(=O)[C@]23C[C@H]2CCN3C(=O)[C@H](Cc2ccccc2)NS(=O)(=O)Cc2ccccc2)cc1. The van der Waals surface area contributed by atoms with Crippen LogP contribution in [0.2, 0.25) is 0 Å². The maximum Gasteiger partial charge on any atom is 0.246 e. The topological polar surface area (TPSA) is 145 Å². The Hall–Kier alpha value is -3.73. The first-order valence-corrected chi connectivity index (χ1v) is 14.9. The molecule has 3 aromatic rings. The third-order valence-electron chi connectivity index (χ3n) is 7.73. The van der Waals surface area contributed by atoms with Crippen LogP contribution in [0.1, 0.15) is 35.1 Å². The molecule has 3 aromatic carbocycles. The van der Waals surface area contributed by atoms with Gasteiger partial charge in [-0.25, -0.2) is 13.1 Å². The van der Waals surface area contributed by atoms with Crippen LogP contribution < -0.4 is 15.8 Å². The summed E-state index contributed by atoms with van der Waals surface area (Å²) in [5, 5.41) is 10.5. The average Bonchev–Trinajstić information content (AvgIpc) is 3.56. The number of hydrogen-bond donors (Lipinski definition) is 4. The second kappa shape index (κ2) is 12.4. The van der Waals surface area contributed by atoms with Crippen LogP contribution in [-0.2, 0) is 38.3 Å². The Kier molecular flexibility index (Phi) is 9.16. The van der Waals surface area contributed by atoms with Crippen LogP contribution in [0, 0.1) is 11.3 Å². The summed E-state index contributed by atoms with van der Waals surface area (Å²) in [7, 11) is -3.85. The Morgan fingerprint density at radius 1 is 0.951 bits per heavy atom. The third kappa shape index (κ3) is 6.78. The minimum absolute atomic E-state index is 0. The monoisotopic (exact) mass is 595 g/mol. The molecule has 3 atom stereocenters. The molecule has 9 nitrogen and oxygen atoms in total. The average molecular weight is 596 g/mol. The zero-order chi connectivity index (χ0) is 28.3. The zero-order valence-corrected chi connectivity index (χ0v) is 24.1. The van der Waals surface area contributed by atoms with Gasteiger partial charge in [0.15, 0.2) is 0 Å². The summed E-state index contributed by atoms with van der Waals surface area (Å²) in [6, 6.07) is 24.1. The summed E-state index contributed by atoms with van der Waals surface area (Å²) < 4.78 is 29.0. The number of nitrogens with zero attached hydrogens (tertiary/aromatic N) is 1. The number of nitrogen functional groups attached to an aromatic ring is 1. The molecule has 11 heteroatoms. The molecule has 1 saturated carbocycles. The first-order valence-electron chi connectivity index (χ1n) is 13.3. The number of likely N-dealkylation sites (tertiary alicyclic amines) is 1. The molecule has 1 saturated heterocycles. The van der Waals surface area contributed by atoms with Gasteiger partial charge in [0.05, 0.1) is 5.75 Å². The molecule has 41 heavy (non-hydrogen) atoms. The van der Waals surface area contributed by atoms with E-state index in [1.54, 1.807) is 53.4 Å². The van der Waals surface area contributed by atoms with E-state index in [-0.39, 0.29) is 54.7 Å². The quantitative estimate of drug-likeness (QED) is 0.199. The smallest absolute Gasteiger partial charge is 0.246 e. The van der Waals surface area contributed by atoms with Crippen molar-refractivity contribution in [3.8, 4) is 0 Å². The lowest BCUT2D eigenvalue weighted by Crippen LogP contribution is -2.56. The van der Waals surface area contributed by atoms with E-state index >= 15 is 0 Å². The number of rotatable bonds is 11. The Bertz CT molecular complexity index is 1500. The van der Waals surface area contributed by atoms with Crippen molar-refractivity contribution in [1.82, 2.24) is 14.9 Å². The number of hydrogen-bond acceptors (Lipinski definition) is 5. The van der Waals surface area contributed by atoms with Gasteiger partial charge in [0.25, 0.3) is 0 Å². The van der Waals surface area contributed by atoms with Gasteiger partial charge in [-0.1, -0.05) is 84.9 Å². The van der Waals surface area contributed by atoms with Gasteiger partial charge in [0, 0.05) is 18.7 Å². The van der Waals surface area contributed by atoms with Crippen LogP contribution in [0.25, 0.3) is 0 Å². The number of amides is 2. The molecular formula is C30H34ClN5O4S. The van der Waals surface area contributed by atoms with Gasteiger partial charge in [-0.05, 0) is 41.9 Å². The lowest BCUT2D eigenvalue weighted by atomic mass is 10.0. The van der Waals surface area contributed by atoms with Crippen molar-refractivity contribution < 1.29 is 18.0 Å². The summed E-state index contributed by atoms with van der Waals surface area (Å²) in [4.78, 5) is 29.1. The maximum absolute atomic E-state index is 14.0. The summed E-state index contributed by atoms with van der Waals surface area (Å²) in [5.74, 6) is -0.843. The Morgan fingerprint density at radius 3 is 2.15 bits per heavy atom. The number of nitrogens with two attached hydrogens (primary N) is 1. The van der Waals surface area contributed by atoms with Crippen LogP contribution in [-0.4, -0.2) is 49.1 Å². The van der Waals surface area contributed by atoms with Crippen LogP contribution in [0.15, 0.2) is 84.9 Å². The fraction of sp³-hybridized carbons (Fsp3) is 0.300. The van der Waals surface area contributed by atoms with Crippen LogP contribution in [0.4, 0.5) is 0 Å². The van der Waals surface area contributed by atoms with E-state index in [1.165, 1.54) is 0 Å². The number of benzene rings is 3. The minimum atomic E-state index is -3.85. The molecule has 0 radical (unpaired) electrons. The molecule has 1 heterocycles. The van der Waals surface area contributed by atoms with Crippen LogP contribution in [0.5, 0.6) is 0 Å². The van der Waals surface area contributed by atoms with E-state index < -0.39 is 21.6 Å². The van der Waals surface area contributed by atoms with Gasteiger partial charge < -0.3 is 16.0 Å². The number of carbonyl (C=O) groups is 2. The molecule has 216 valence electrons. The van der Waals surface area contributed by atoms with Gasteiger partial charge in [-0.15, -0.1) is 12.4 Å². The highest BCUT2D eigenvalue weighted by atomic mass is 35.5. The Morgan fingerprint density at radius 2 is 1.56 bits per heavy atom. The molecule has 2 amide bonds. The fourth-order valence-corrected chi connectivity index (χ4v) is 6.92. The van der Waals surface area contributed by atoms with E-state index in [0.717, 1.165) is 11.1 Å². The van der Waals surface area contributed by atoms with Gasteiger partial charge >= 0.3 is 0 Å². The second-order valence-corrected chi connectivity index (χ2v) is 12.3. The standard InChI is InChI=1S/C30H33N5O4S.ClH/c31-27(32)24-13-11-22(12-14-24)19-33-29(37)30-18-25(30)15-16-35(30)28(36)26(17-21-7-3-1-4-8-21)34-40(38,39)20-23-9-5-2-6-10-23;/h1-14,25-26,34H,15-20H2,(H3,31,32)(H,33,37);1H/t25-,26+,30+;/m1./s1. The lowest BCUT2D eigenvalue weighted by molar-refractivity contribution is -0.142. The largest absolute Gasteiger partial charge is 0.384 e. The van der Waals surface area contributed by atoms with Crippen molar-refractivity contribution in [3.63, 3.8) is 0 Å². The van der Waals surface area contributed by atoms with E-state index in [9.17, 15) is 18.0 Å². The Balaban J connectivity index is 0.00000387. The molecule has 0 unspecified atom stereocenters. The van der Waals surface area contributed by atoms with Crippen molar-refractivity contribution >= 4 is 40.1 Å². The maximum atomic E-state index is 14.0. The molecule has 0 spiro atoms. The highest BCUT2D eigenvalue weighted by Crippen LogP contribution is 2.56. The number of nitrogens with one attached hydrogen (secondary N) is 3. The van der Waals surface area contributed by atoms with E-state index in [1.807, 2.05) is 36.4 Å². The van der Waals surface area contributed by atoms with Gasteiger partial charge in [-0.2, -0.15) is 0 Å². The summed E-state index contributed by atoms with van der Waals surface area (Å²) >= 11 is 0. The van der Waals surface area contributed by atoms with Crippen molar-refractivity contribution in [2.24, 2.45) is 11.7 Å². The fourth-order valence-electron chi connectivity index (χ4n) is 5.59. The Labute approximate surface area is 246 Å². The predicted molar refractivity (Wildman–Crippen MR) is 160 cm³/mol. The van der Waals surface area contributed by atoms with E-state index in [4.69, 9.17) is 11.1 Å². The van der Waals surface area contributed by atoms with Gasteiger partial charge in [0.1, 0.15) is 17.4 Å². The van der Waals surface area contributed by atoms with Crippen molar-refractivity contribution in [2.45, 2.75) is 43.1 Å². The second-order valence-electron chi connectivity index (χ2n) is 10.5. The normalized spacial score (nSPS) is 19.9. The van der Waals surface area contributed by atoms with Crippen LogP contribution in [0.3, 0.4) is 0 Å². The summed E-state index contributed by atoms with van der Waals surface area (Å²) in [6.45, 7) is 0.667.